The molecule has 0 fully saturated rings. The van der Waals surface area contributed by atoms with Crippen LogP contribution in [0.15, 0.2) is 36.4 Å². The highest BCUT2D eigenvalue weighted by atomic mass is 16.7. The van der Waals surface area contributed by atoms with Crippen molar-refractivity contribution in [3.05, 3.63) is 53.1 Å². The van der Waals surface area contributed by atoms with E-state index < -0.39 is 5.97 Å². The summed E-state index contributed by atoms with van der Waals surface area (Å²) in [6.07, 6.45) is 4.07. The first-order valence-corrected chi connectivity index (χ1v) is 9.32. The topological polar surface area (TPSA) is 63.2 Å². The van der Waals surface area contributed by atoms with Crippen LogP contribution in [0.25, 0.3) is 6.08 Å². The van der Waals surface area contributed by atoms with Crippen molar-refractivity contribution in [1.29, 1.82) is 0 Å². The van der Waals surface area contributed by atoms with Crippen LogP contribution in [0.4, 0.5) is 0 Å². The number of rotatable bonds is 6. The Bertz CT molecular complexity index is 917. The number of benzene rings is 2. The number of esters is 1. The maximum Gasteiger partial charge on any atom is 0.331 e. The Balaban J connectivity index is 1.41. The summed E-state index contributed by atoms with van der Waals surface area (Å²) in [6, 6.07) is 9.36. The lowest BCUT2D eigenvalue weighted by Crippen LogP contribution is -2.05. The van der Waals surface area contributed by atoms with E-state index in [1.807, 2.05) is 44.2 Å². The first-order chi connectivity index (χ1) is 13.6. The third kappa shape index (κ3) is 3.91. The largest absolute Gasteiger partial charge is 0.493 e. The van der Waals surface area contributed by atoms with E-state index in [4.69, 9.17) is 23.7 Å². The Morgan fingerprint density at radius 3 is 2.89 bits per heavy atom. The second-order valence-corrected chi connectivity index (χ2v) is 6.69. The van der Waals surface area contributed by atoms with Crippen molar-refractivity contribution in [3.8, 4) is 23.0 Å². The van der Waals surface area contributed by atoms with Gasteiger partial charge in [0.1, 0.15) is 24.2 Å². The molecule has 0 N–H and O–H groups in total. The fourth-order valence-corrected chi connectivity index (χ4v) is 3.26. The fraction of sp³-hybridized carbons (Fsp3) is 0.318. The van der Waals surface area contributed by atoms with Crippen molar-refractivity contribution in [2.24, 2.45) is 0 Å². The first-order valence-electron chi connectivity index (χ1n) is 9.32. The average Bonchev–Trinajstić information content (AvgIpc) is 3.29. The average molecular weight is 382 g/mol. The predicted molar refractivity (Wildman–Crippen MR) is 103 cm³/mol. The van der Waals surface area contributed by atoms with Gasteiger partial charge in [0.2, 0.25) is 6.79 Å². The standard InChI is InChI=1S/C22H22O6/c1-3-24-19-10-16-8-14(2)28-20(16)11-17(19)12-25-22(23)7-5-15-4-6-18-21(9-15)27-13-26-18/h4-7,9-11,14H,3,8,12-13H2,1-2H3/b7-5+. The molecule has 1 unspecified atom stereocenters. The summed E-state index contributed by atoms with van der Waals surface area (Å²) in [7, 11) is 0. The van der Waals surface area contributed by atoms with Crippen LogP contribution in [0, 0.1) is 0 Å². The van der Waals surface area contributed by atoms with Crippen LogP contribution >= 0.6 is 0 Å². The molecule has 0 saturated heterocycles. The molecule has 146 valence electrons. The van der Waals surface area contributed by atoms with Crippen LogP contribution < -0.4 is 18.9 Å². The summed E-state index contributed by atoms with van der Waals surface area (Å²) in [5.41, 5.74) is 2.74. The molecule has 0 amide bonds. The molecule has 2 aromatic rings. The van der Waals surface area contributed by atoms with Crippen molar-refractivity contribution < 1.29 is 28.5 Å². The predicted octanol–water partition coefficient (Wildman–Crippen LogP) is 3.89. The molecule has 2 heterocycles. The van der Waals surface area contributed by atoms with Gasteiger partial charge in [0.15, 0.2) is 11.5 Å². The maximum absolute atomic E-state index is 12.1. The van der Waals surface area contributed by atoms with E-state index in [0.717, 1.165) is 34.6 Å². The number of hydrogen-bond donors (Lipinski definition) is 0. The Morgan fingerprint density at radius 2 is 2.04 bits per heavy atom. The molecule has 6 heteroatoms. The van der Waals surface area contributed by atoms with E-state index >= 15 is 0 Å². The number of carbonyl (C=O) groups is 1. The molecule has 6 nitrogen and oxygen atoms in total. The van der Waals surface area contributed by atoms with Crippen LogP contribution in [-0.2, 0) is 22.6 Å². The molecule has 0 spiro atoms. The van der Waals surface area contributed by atoms with Gasteiger partial charge >= 0.3 is 5.97 Å². The zero-order valence-corrected chi connectivity index (χ0v) is 15.9. The van der Waals surface area contributed by atoms with Gasteiger partial charge in [0, 0.05) is 23.6 Å². The van der Waals surface area contributed by atoms with E-state index in [1.54, 1.807) is 6.08 Å². The lowest BCUT2D eigenvalue weighted by atomic mass is 10.1. The summed E-state index contributed by atoms with van der Waals surface area (Å²) >= 11 is 0. The van der Waals surface area contributed by atoms with E-state index in [2.05, 4.69) is 0 Å². The van der Waals surface area contributed by atoms with Crippen LogP contribution in [0.3, 0.4) is 0 Å². The van der Waals surface area contributed by atoms with Crippen molar-refractivity contribution in [2.45, 2.75) is 33.0 Å². The lowest BCUT2D eigenvalue weighted by molar-refractivity contribution is -0.138. The van der Waals surface area contributed by atoms with E-state index in [1.165, 1.54) is 6.08 Å². The Kier molecular flexibility index (Phi) is 5.10. The zero-order chi connectivity index (χ0) is 19.5. The SMILES string of the molecule is CCOc1cc2c(cc1COC(=O)/C=C/c1ccc3c(c1)OCO3)OC(C)C2. The second kappa shape index (κ2) is 7.84. The van der Waals surface area contributed by atoms with Crippen molar-refractivity contribution in [2.75, 3.05) is 13.4 Å². The van der Waals surface area contributed by atoms with Gasteiger partial charge in [-0.2, -0.15) is 0 Å². The molecule has 2 aliphatic heterocycles. The quantitative estimate of drug-likeness (QED) is 0.558. The van der Waals surface area contributed by atoms with Crippen molar-refractivity contribution in [3.63, 3.8) is 0 Å². The molecule has 2 aromatic carbocycles. The van der Waals surface area contributed by atoms with Crippen molar-refractivity contribution in [1.82, 2.24) is 0 Å². The Morgan fingerprint density at radius 1 is 1.18 bits per heavy atom. The van der Waals surface area contributed by atoms with Gasteiger partial charge in [0.25, 0.3) is 0 Å². The lowest BCUT2D eigenvalue weighted by Gasteiger charge is -2.12. The number of carbonyl (C=O) groups excluding carboxylic acids is 1. The molecule has 4 rings (SSSR count). The van der Waals surface area contributed by atoms with Gasteiger partial charge in [-0.15, -0.1) is 0 Å². The minimum atomic E-state index is -0.435. The fourth-order valence-electron chi connectivity index (χ4n) is 3.26. The van der Waals surface area contributed by atoms with E-state index in [9.17, 15) is 4.79 Å². The van der Waals surface area contributed by atoms with Gasteiger partial charge < -0.3 is 23.7 Å². The van der Waals surface area contributed by atoms with Gasteiger partial charge in [-0.1, -0.05) is 6.07 Å². The highest BCUT2D eigenvalue weighted by molar-refractivity contribution is 5.87. The molecule has 28 heavy (non-hydrogen) atoms. The normalized spacial score (nSPS) is 16.7. The van der Waals surface area contributed by atoms with Crippen molar-refractivity contribution >= 4 is 12.0 Å². The number of fused-ring (bicyclic) bond motifs is 2. The molecular formula is C22H22O6. The molecule has 1 atom stereocenters. The van der Waals surface area contributed by atoms with Crippen LogP contribution in [-0.4, -0.2) is 25.5 Å². The summed E-state index contributed by atoms with van der Waals surface area (Å²) in [4.78, 5) is 12.1. The molecule has 0 radical (unpaired) electrons. The van der Waals surface area contributed by atoms with Gasteiger partial charge in [-0.25, -0.2) is 4.79 Å². The highest BCUT2D eigenvalue weighted by Crippen LogP contribution is 2.35. The smallest absolute Gasteiger partial charge is 0.331 e. The molecule has 0 saturated carbocycles. The van der Waals surface area contributed by atoms with E-state index in [-0.39, 0.29) is 19.5 Å². The van der Waals surface area contributed by atoms with Crippen LogP contribution in [0.2, 0.25) is 0 Å². The summed E-state index contributed by atoms with van der Waals surface area (Å²) in [5.74, 6) is 2.50. The van der Waals surface area contributed by atoms with Gasteiger partial charge in [0.05, 0.1) is 6.61 Å². The first kappa shape index (κ1) is 18.2. The third-order valence-electron chi connectivity index (χ3n) is 4.56. The summed E-state index contributed by atoms with van der Waals surface area (Å²) in [6.45, 7) is 4.83. The minimum Gasteiger partial charge on any atom is -0.493 e. The highest BCUT2D eigenvalue weighted by Gasteiger charge is 2.22. The van der Waals surface area contributed by atoms with Gasteiger partial charge in [-0.05, 0) is 49.8 Å². The maximum atomic E-state index is 12.1. The summed E-state index contributed by atoms with van der Waals surface area (Å²) in [5, 5.41) is 0. The van der Waals surface area contributed by atoms with Crippen LogP contribution in [0.1, 0.15) is 30.5 Å². The van der Waals surface area contributed by atoms with Crippen LogP contribution in [0.5, 0.6) is 23.0 Å². The van der Waals surface area contributed by atoms with E-state index in [0.29, 0.717) is 18.1 Å². The van der Waals surface area contributed by atoms with Gasteiger partial charge in [-0.3, -0.25) is 0 Å². The monoisotopic (exact) mass is 382 g/mol. The second-order valence-electron chi connectivity index (χ2n) is 6.69. The molecule has 0 bridgehead atoms. The molecule has 0 aliphatic carbocycles. The molecule has 2 aliphatic rings. The third-order valence-corrected chi connectivity index (χ3v) is 4.56. The Hall–Kier alpha value is -3.15. The summed E-state index contributed by atoms with van der Waals surface area (Å²) < 4.78 is 27.5. The minimum absolute atomic E-state index is 0.116. The molecular weight excluding hydrogens is 360 g/mol. The number of ether oxygens (including phenoxy) is 5. The Labute approximate surface area is 163 Å². The number of hydrogen-bond acceptors (Lipinski definition) is 6. The molecule has 0 aromatic heterocycles. The zero-order valence-electron chi connectivity index (χ0n) is 15.9.